The van der Waals surface area contributed by atoms with Gasteiger partial charge in [0.15, 0.2) is 6.10 Å². The van der Waals surface area contributed by atoms with Crippen molar-refractivity contribution in [2.24, 2.45) is 5.73 Å². The summed E-state index contributed by atoms with van der Waals surface area (Å²) < 4.78 is 5.65. The van der Waals surface area contributed by atoms with Crippen molar-refractivity contribution in [3.63, 3.8) is 0 Å². The predicted molar refractivity (Wildman–Crippen MR) is 62.6 cm³/mol. The van der Waals surface area contributed by atoms with Crippen molar-refractivity contribution in [3.8, 4) is 5.75 Å². The van der Waals surface area contributed by atoms with Crippen LogP contribution in [0.15, 0.2) is 12.1 Å². The maximum absolute atomic E-state index is 11.7. The van der Waals surface area contributed by atoms with Gasteiger partial charge in [0.1, 0.15) is 5.75 Å². The molecule has 0 aromatic heterocycles. The van der Waals surface area contributed by atoms with E-state index in [-0.39, 0.29) is 5.91 Å². The molecule has 0 saturated carbocycles. The van der Waals surface area contributed by atoms with E-state index in [1.807, 2.05) is 26.0 Å². The average molecular weight is 220 g/mol. The zero-order valence-corrected chi connectivity index (χ0v) is 9.54. The highest BCUT2D eigenvalue weighted by molar-refractivity contribution is 5.98. The van der Waals surface area contributed by atoms with Gasteiger partial charge in [-0.1, -0.05) is 6.07 Å². The van der Waals surface area contributed by atoms with Crippen molar-refractivity contribution >= 4 is 11.6 Å². The number of aryl methyl sites for hydroxylation is 2. The van der Waals surface area contributed by atoms with E-state index in [1.165, 1.54) is 0 Å². The van der Waals surface area contributed by atoms with Crippen LogP contribution in [0.3, 0.4) is 0 Å². The second-order valence-corrected chi connectivity index (χ2v) is 4.13. The van der Waals surface area contributed by atoms with Gasteiger partial charge in [-0.15, -0.1) is 0 Å². The van der Waals surface area contributed by atoms with Crippen LogP contribution in [0.25, 0.3) is 0 Å². The molecule has 0 spiro atoms. The standard InChI is InChI=1S/C12H16N2O2/c1-7-5-8(2)11-10(6-7)16-9(3-4-13)12(15)14-11/h5-6,9H,3-4,13H2,1-2H3,(H,14,15). The van der Waals surface area contributed by atoms with E-state index in [2.05, 4.69) is 5.32 Å². The van der Waals surface area contributed by atoms with Gasteiger partial charge in [0.25, 0.3) is 5.91 Å². The van der Waals surface area contributed by atoms with E-state index in [0.717, 1.165) is 22.6 Å². The van der Waals surface area contributed by atoms with Crippen LogP contribution in [-0.2, 0) is 4.79 Å². The van der Waals surface area contributed by atoms with Crippen molar-refractivity contribution < 1.29 is 9.53 Å². The van der Waals surface area contributed by atoms with E-state index in [4.69, 9.17) is 10.5 Å². The topological polar surface area (TPSA) is 64.3 Å². The van der Waals surface area contributed by atoms with Crippen LogP contribution in [0, 0.1) is 13.8 Å². The molecule has 0 aliphatic carbocycles. The second kappa shape index (κ2) is 4.14. The van der Waals surface area contributed by atoms with Gasteiger partial charge < -0.3 is 15.8 Å². The van der Waals surface area contributed by atoms with E-state index in [0.29, 0.717) is 13.0 Å². The third kappa shape index (κ3) is 1.88. The summed E-state index contributed by atoms with van der Waals surface area (Å²) in [6, 6.07) is 3.96. The molecule has 86 valence electrons. The van der Waals surface area contributed by atoms with E-state index < -0.39 is 6.10 Å². The summed E-state index contributed by atoms with van der Waals surface area (Å²) in [5, 5.41) is 2.87. The van der Waals surface area contributed by atoms with E-state index in [1.54, 1.807) is 0 Å². The first kappa shape index (κ1) is 11.0. The van der Waals surface area contributed by atoms with Crippen LogP contribution in [0.5, 0.6) is 5.75 Å². The Labute approximate surface area is 94.8 Å². The molecule has 0 radical (unpaired) electrons. The van der Waals surface area contributed by atoms with Gasteiger partial charge in [-0.25, -0.2) is 0 Å². The van der Waals surface area contributed by atoms with E-state index in [9.17, 15) is 4.79 Å². The molecule has 16 heavy (non-hydrogen) atoms. The van der Waals surface area contributed by atoms with Gasteiger partial charge in [-0.2, -0.15) is 0 Å². The lowest BCUT2D eigenvalue weighted by Crippen LogP contribution is -2.38. The van der Waals surface area contributed by atoms with Crippen molar-refractivity contribution in [1.29, 1.82) is 0 Å². The fourth-order valence-electron chi connectivity index (χ4n) is 1.93. The molecule has 2 rings (SSSR count). The Balaban J connectivity index is 2.35. The number of hydrogen-bond donors (Lipinski definition) is 2. The van der Waals surface area contributed by atoms with Gasteiger partial charge in [0.05, 0.1) is 5.69 Å². The Kier molecular flexibility index (Phi) is 2.83. The van der Waals surface area contributed by atoms with Gasteiger partial charge in [-0.05, 0) is 37.6 Å². The second-order valence-electron chi connectivity index (χ2n) is 4.13. The third-order valence-electron chi connectivity index (χ3n) is 2.68. The summed E-state index contributed by atoms with van der Waals surface area (Å²) in [4.78, 5) is 11.7. The number of fused-ring (bicyclic) bond motifs is 1. The molecule has 0 saturated heterocycles. The number of carbonyl (C=O) groups is 1. The molecule has 0 bridgehead atoms. The highest BCUT2D eigenvalue weighted by Crippen LogP contribution is 2.34. The van der Waals surface area contributed by atoms with Crippen molar-refractivity contribution in [1.82, 2.24) is 0 Å². The maximum atomic E-state index is 11.7. The Morgan fingerprint density at radius 3 is 2.88 bits per heavy atom. The number of nitrogens with one attached hydrogen (secondary N) is 1. The molecular formula is C12H16N2O2. The monoisotopic (exact) mass is 220 g/mol. The molecule has 1 atom stereocenters. The largest absolute Gasteiger partial charge is 0.478 e. The fraction of sp³-hybridized carbons (Fsp3) is 0.417. The smallest absolute Gasteiger partial charge is 0.265 e. The summed E-state index contributed by atoms with van der Waals surface area (Å²) in [6.45, 7) is 4.40. The van der Waals surface area contributed by atoms with Gasteiger partial charge >= 0.3 is 0 Å². The summed E-state index contributed by atoms with van der Waals surface area (Å²) in [5.41, 5.74) is 8.37. The molecule has 1 heterocycles. The number of benzene rings is 1. The third-order valence-corrected chi connectivity index (χ3v) is 2.68. The van der Waals surface area contributed by atoms with Crippen LogP contribution in [0.2, 0.25) is 0 Å². The summed E-state index contributed by atoms with van der Waals surface area (Å²) in [6.07, 6.45) is 0.0804. The first-order valence-corrected chi connectivity index (χ1v) is 5.40. The molecule has 1 aliphatic heterocycles. The molecule has 1 aliphatic rings. The molecule has 1 unspecified atom stereocenters. The number of amides is 1. The number of ether oxygens (including phenoxy) is 1. The Morgan fingerprint density at radius 1 is 1.44 bits per heavy atom. The first-order chi connectivity index (χ1) is 7.61. The number of rotatable bonds is 2. The quantitative estimate of drug-likeness (QED) is 0.790. The van der Waals surface area contributed by atoms with Crippen molar-refractivity contribution in [2.75, 3.05) is 11.9 Å². The maximum Gasteiger partial charge on any atom is 0.265 e. The Hall–Kier alpha value is -1.55. The molecule has 0 fully saturated rings. The van der Waals surface area contributed by atoms with Crippen LogP contribution in [-0.4, -0.2) is 18.6 Å². The molecule has 1 amide bonds. The van der Waals surface area contributed by atoms with Crippen LogP contribution >= 0.6 is 0 Å². The molecule has 1 aromatic carbocycles. The van der Waals surface area contributed by atoms with Crippen molar-refractivity contribution in [3.05, 3.63) is 23.3 Å². The molecule has 4 nitrogen and oxygen atoms in total. The van der Waals surface area contributed by atoms with Crippen molar-refractivity contribution in [2.45, 2.75) is 26.4 Å². The summed E-state index contributed by atoms with van der Waals surface area (Å²) >= 11 is 0. The summed E-state index contributed by atoms with van der Waals surface area (Å²) in [7, 11) is 0. The molecule has 1 aromatic rings. The van der Waals surface area contributed by atoms with Gasteiger partial charge in [0.2, 0.25) is 0 Å². The van der Waals surface area contributed by atoms with E-state index >= 15 is 0 Å². The normalized spacial score (nSPS) is 18.7. The number of nitrogens with two attached hydrogens (primary N) is 1. The van der Waals surface area contributed by atoms with Crippen LogP contribution in [0.4, 0.5) is 5.69 Å². The van der Waals surface area contributed by atoms with Crippen LogP contribution in [0.1, 0.15) is 17.5 Å². The average Bonchev–Trinajstić information content (AvgIpc) is 2.21. The lowest BCUT2D eigenvalue weighted by Gasteiger charge is -2.27. The highest BCUT2D eigenvalue weighted by atomic mass is 16.5. The fourth-order valence-corrected chi connectivity index (χ4v) is 1.93. The number of anilines is 1. The van der Waals surface area contributed by atoms with Crippen LogP contribution < -0.4 is 15.8 Å². The minimum absolute atomic E-state index is 0.107. The van der Waals surface area contributed by atoms with Gasteiger partial charge in [-0.3, -0.25) is 4.79 Å². The van der Waals surface area contributed by atoms with Gasteiger partial charge in [0, 0.05) is 6.42 Å². The molecular weight excluding hydrogens is 204 g/mol. The minimum atomic E-state index is -0.460. The highest BCUT2D eigenvalue weighted by Gasteiger charge is 2.27. The molecule has 3 N–H and O–H groups in total. The first-order valence-electron chi connectivity index (χ1n) is 5.40. The number of carbonyl (C=O) groups excluding carboxylic acids is 1. The Morgan fingerprint density at radius 2 is 2.19 bits per heavy atom. The lowest BCUT2D eigenvalue weighted by molar-refractivity contribution is -0.123. The summed E-state index contributed by atoms with van der Waals surface area (Å²) in [5.74, 6) is 0.639. The minimum Gasteiger partial charge on any atom is -0.478 e. The lowest BCUT2D eigenvalue weighted by atomic mass is 10.1. The Bertz CT molecular complexity index is 429. The SMILES string of the molecule is Cc1cc(C)c2c(c1)OC(CCN)C(=O)N2. The number of hydrogen-bond acceptors (Lipinski definition) is 3. The predicted octanol–water partition coefficient (Wildman–Crippen LogP) is 1.35. The molecule has 4 heteroatoms. The zero-order chi connectivity index (χ0) is 11.7. The zero-order valence-electron chi connectivity index (χ0n) is 9.54.